The maximum atomic E-state index is 12.7. The lowest BCUT2D eigenvalue weighted by atomic mass is 10.2. The Kier molecular flexibility index (Phi) is 2.97. The summed E-state index contributed by atoms with van der Waals surface area (Å²) < 4.78 is 12.7. The van der Waals surface area contributed by atoms with Crippen LogP contribution in [0.3, 0.4) is 0 Å². The lowest BCUT2D eigenvalue weighted by Crippen LogP contribution is -2.23. The molecule has 0 atom stereocenters. The zero-order valence-corrected chi connectivity index (χ0v) is 9.33. The number of nitrogens with zero attached hydrogens (tertiary/aromatic N) is 1. The zero-order valence-electron chi connectivity index (χ0n) is 8.51. The average molecular weight is 250 g/mol. The SMILES string of the molecule is NC(=O)C(=O)c1csc(-c2ccc(F)cc2)n1. The molecular formula is C11H7FN2O2S. The molecular weight excluding hydrogens is 243 g/mol. The summed E-state index contributed by atoms with van der Waals surface area (Å²) in [5.74, 6) is -2.21. The van der Waals surface area contributed by atoms with Crippen LogP contribution in [-0.2, 0) is 4.79 Å². The van der Waals surface area contributed by atoms with Crippen molar-refractivity contribution in [3.8, 4) is 10.6 Å². The van der Waals surface area contributed by atoms with E-state index in [-0.39, 0.29) is 11.5 Å². The number of thiazole rings is 1. The predicted molar refractivity (Wildman–Crippen MR) is 61.0 cm³/mol. The van der Waals surface area contributed by atoms with Crippen LogP contribution in [0.5, 0.6) is 0 Å². The van der Waals surface area contributed by atoms with Gasteiger partial charge in [-0.15, -0.1) is 11.3 Å². The summed E-state index contributed by atoms with van der Waals surface area (Å²) >= 11 is 1.19. The highest BCUT2D eigenvalue weighted by atomic mass is 32.1. The molecule has 4 nitrogen and oxygen atoms in total. The van der Waals surface area contributed by atoms with Crippen molar-refractivity contribution in [2.24, 2.45) is 5.73 Å². The Morgan fingerprint density at radius 3 is 2.47 bits per heavy atom. The summed E-state index contributed by atoms with van der Waals surface area (Å²) in [6.07, 6.45) is 0. The summed E-state index contributed by atoms with van der Waals surface area (Å²) in [6.45, 7) is 0. The number of carbonyl (C=O) groups excluding carboxylic acids is 2. The molecule has 1 aromatic carbocycles. The molecule has 6 heteroatoms. The number of nitrogens with two attached hydrogens (primary N) is 1. The van der Waals surface area contributed by atoms with Gasteiger partial charge in [0.15, 0.2) is 0 Å². The highest BCUT2D eigenvalue weighted by Crippen LogP contribution is 2.23. The highest BCUT2D eigenvalue weighted by Gasteiger charge is 2.16. The Morgan fingerprint density at radius 2 is 1.88 bits per heavy atom. The first-order chi connectivity index (χ1) is 8.08. The number of amides is 1. The first-order valence-corrected chi connectivity index (χ1v) is 5.51. The van der Waals surface area contributed by atoms with Crippen LogP contribution in [0, 0.1) is 5.82 Å². The first-order valence-electron chi connectivity index (χ1n) is 4.63. The fourth-order valence-corrected chi connectivity index (χ4v) is 2.04. The van der Waals surface area contributed by atoms with Crippen LogP contribution in [0.2, 0.25) is 0 Å². The van der Waals surface area contributed by atoms with E-state index in [1.165, 1.54) is 28.8 Å². The number of rotatable bonds is 3. The zero-order chi connectivity index (χ0) is 12.4. The Morgan fingerprint density at radius 1 is 1.24 bits per heavy atom. The molecule has 0 aliphatic carbocycles. The molecule has 2 aromatic rings. The third-order valence-corrected chi connectivity index (χ3v) is 2.94. The molecule has 0 saturated carbocycles. The average Bonchev–Trinajstić information content (AvgIpc) is 2.78. The molecule has 86 valence electrons. The van der Waals surface area contributed by atoms with Gasteiger partial charge in [0, 0.05) is 10.9 Å². The van der Waals surface area contributed by atoms with Crippen LogP contribution < -0.4 is 5.73 Å². The summed E-state index contributed by atoms with van der Waals surface area (Å²) in [5, 5.41) is 1.99. The van der Waals surface area contributed by atoms with E-state index in [2.05, 4.69) is 4.98 Å². The summed E-state index contributed by atoms with van der Waals surface area (Å²) in [7, 11) is 0. The largest absolute Gasteiger partial charge is 0.363 e. The van der Waals surface area contributed by atoms with Crippen molar-refractivity contribution in [1.82, 2.24) is 4.98 Å². The molecule has 0 unspecified atom stereocenters. The third kappa shape index (κ3) is 2.36. The fourth-order valence-electron chi connectivity index (χ4n) is 1.23. The van der Waals surface area contributed by atoms with E-state index in [9.17, 15) is 14.0 Å². The molecule has 0 saturated heterocycles. The minimum absolute atomic E-state index is 0.0156. The predicted octanol–water partition coefficient (Wildman–Crippen LogP) is 1.62. The Balaban J connectivity index is 2.33. The van der Waals surface area contributed by atoms with Crippen LogP contribution in [0.4, 0.5) is 4.39 Å². The van der Waals surface area contributed by atoms with Gasteiger partial charge in [-0.2, -0.15) is 0 Å². The van der Waals surface area contributed by atoms with Gasteiger partial charge in [-0.25, -0.2) is 9.37 Å². The smallest absolute Gasteiger partial charge is 0.291 e. The second-order valence-corrected chi connectivity index (χ2v) is 4.10. The summed E-state index contributed by atoms with van der Waals surface area (Å²) in [5.41, 5.74) is 5.56. The van der Waals surface area contributed by atoms with Gasteiger partial charge in [0.2, 0.25) is 0 Å². The van der Waals surface area contributed by atoms with E-state index in [1.807, 2.05) is 0 Å². The van der Waals surface area contributed by atoms with Gasteiger partial charge < -0.3 is 5.73 Å². The molecule has 0 spiro atoms. The molecule has 0 fully saturated rings. The molecule has 0 radical (unpaired) electrons. The monoisotopic (exact) mass is 250 g/mol. The lowest BCUT2D eigenvalue weighted by molar-refractivity contribution is -0.114. The molecule has 2 N–H and O–H groups in total. The Bertz CT molecular complexity index is 577. The van der Waals surface area contributed by atoms with Gasteiger partial charge in [-0.05, 0) is 24.3 Å². The van der Waals surface area contributed by atoms with Gasteiger partial charge in [0.25, 0.3) is 11.7 Å². The molecule has 17 heavy (non-hydrogen) atoms. The van der Waals surface area contributed by atoms with Crippen molar-refractivity contribution in [2.45, 2.75) is 0 Å². The van der Waals surface area contributed by atoms with Crippen LogP contribution in [0.1, 0.15) is 10.5 Å². The number of primary amides is 1. The highest BCUT2D eigenvalue weighted by molar-refractivity contribution is 7.13. The number of halogens is 1. The van der Waals surface area contributed by atoms with Crippen molar-refractivity contribution in [2.75, 3.05) is 0 Å². The molecule has 0 aliphatic rings. The normalized spacial score (nSPS) is 10.2. The van der Waals surface area contributed by atoms with Crippen molar-refractivity contribution in [3.63, 3.8) is 0 Å². The van der Waals surface area contributed by atoms with Crippen LogP contribution in [0.25, 0.3) is 10.6 Å². The van der Waals surface area contributed by atoms with Gasteiger partial charge >= 0.3 is 0 Å². The number of ketones is 1. The van der Waals surface area contributed by atoms with Gasteiger partial charge in [-0.1, -0.05) is 0 Å². The van der Waals surface area contributed by atoms with Gasteiger partial charge in [0.1, 0.15) is 16.5 Å². The maximum Gasteiger partial charge on any atom is 0.291 e. The number of hydrogen-bond acceptors (Lipinski definition) is 4. The molecule has 1 heterocycles. The Hall–Kier alpha value is -2.08. The van der Waals surface area contributed by atoms with Crippen molar-refractivity contribution >= 4 is 23.0 Å². The minimum Gasteiger partial charge on any atom is -0.363 e. The van der Waals surface area contributed by atoms with Gasteiger partial charge in [-0.3, -0.25) is 9.59 Å². The van der Waals surface area contributed by atoms with E-state index in [0.717, 1.165) is 0 Å². The number of aromatic nitrogens is 1. The van der Waals surface area contributed by atoms with E-state index in [4.69, 9.17) is 5.73 Å². The van der Waals surface area contributed by atoms with Crippen molar-refractivity contribution in [3.05, 3.63) is 41.2 Å². The van der Waals surface area contributed by atoms with Crippen LogP contribution in [-0.4, -0.2) is 16.7 Å². The number of benzene rings is 1. The fraction of sp³-hybridized carbons (Fsp3) is 0. The Labute approximate surface area is 99.9 Å². The maximum absolute atomic E-state index is 12.7. The van der Waals surface area contributed by atoms with Crippen molar-refractivity contribution in [1.29, 1.82) is 0 Å². The standard InChI is InChI=1S/C11H7FN2O2S/c12-7-3-1-6(2-4-7)11-14-8(5-17-11)9(15)10(13)16/h1-5H,(H2,13,16). The number of carbonyl (C=O) groups is 2. The number of Topliss-reactive ketones (excluding diaryl/α,β-unsaturated/α-hetero) is 1. The first kappa shape index (κ1) is 11.4. The summed E-state index contributed by atoms with van der Waals surface area (Å²) in [6, 6.07) is 5.69. The van der Waals surface area contributed by atoms with Crippen LogP contribution in [0.15, 0.2) is 29.6 Å². The topological polar surface area (TPSA) is 73.1 Å². The quantitative estimate of drug-likeness (QED) is 0.664. The third-order valence-electron chi connectivity index (χ3n) is 2.05. The van der Waals surface area contributed by atoms with E-state index < -0.39 is 11.7 Å². The second-order valence-electron chi connectivity index (χ2n) is 3.24. The van der Waals surface area contributed by atoms with E-state index in [1.54, 1.807) is 12.1 Å². The summed E-state index contributed by atoms with van der Waals surface area (Å²) in [4.78, 5) is 25.9. The van der Waals surface area contributed by atoms with Crippen LogP contribution >= 0.6 is 11.3 Å². The molecule has 1 aromatic heterocycles. The number of hydrogen-bond donors (Lipinski definition) is 1. The second kappa shape index (κ2) is 4.42. The molecule has 0 bridgehead atoms. The van der Waals surface area contributed by atoms with E-state index in [0.29, 0.717) is 10.6 Å². The van der Waals surface area contributed by atoms with Crippen molar-refractivity contribution < 1.29 is 14.0 Å². The van der Waals surface area contributed by atoms with Gasteiger partial charge in [0.05, 0.1) is 0 Å². The molecule has 1 amide bonds. The lowest BCUT2D eigenvalue weighted by Gasteiger charge is -1.94. The molecule has 2 rings (SSSR count). The minimum atomic E-state index is -1.04. The molecule has 0 aliphatic heterocycles. The van der Waals surface area contributed by atoms with E-state index >= 15 is 0 Å².